The van der Waals surface area contributed by atoms with E-state index in [0.717, 1.165) is 43.5 Å². The molecule has 1 aliphatic heterocycles. The smallest absolute Gasteiger partial charge is 0.275 e. The third-order valence-electron chi connectivity index (χ3n) is 6.00. The molecular formula is C24H24F2N7O3S+. The summed E-state index contributed by atoms with van der Waals surface area (Å²) < 4.78 is 37.2. The van der Waals surface area contributed by atoms with Crippen LogP contribution in [0.4, 0.5) is 8.78 Å². The summed E-state index contributed by atoms with van der Waals surface area (Å²) in [6, 6.07) is 1.90. The van der Waals surface area contributed by atoms with Crippen LogP contribution in [0.5, 0.6) is 0 Å². The Labute approximate surface area is 214 Å². The Hall–Kier alpha value is -3.68. The van der Waals surface area contributed by atoms with Gasteiger partial charge in [0.1, 0.15) is 28.8 Å². The van der Waals surface area contributed by atoms with Crippen LogP contribution in [0.25, 0.3) is 10.6 Å². The Morgan fingerprint density at radius 2 is 2.11 bits per heavy atom. The summed E-state index contributed by atoms with van der Waals surface area (Å²) in [6.45, 7) is 2.33. The summed E-state index contributed by atoms with van der Waals surface area (Å²) in [5.41, 5.74) is 1.66. The maximum atomic E-state index is 14.7. The minimum atomic E-state index is -0.860. The Morgan fingerprint density at radius 3 is 2.84 bits per heavy atom. The van der Waals surface area contributed by atoms with E-state index in [2.05, 4.69) is 25.5 Å². The number of rotatable bonds is 7. The molecule has 13 heteroatoms. The van der Waals surface area contributed by atoms with E-state index in [4.69, 9.17) is 4.74 Å². The molecule has 4 heterocycles. The van der Waals surface area contributed by atoms with E-state index in [9.17, 15) is 18.7 Å². The number of hydrazone groups is 1. The molecule has 1 aliphatic carbocycles. The summed E-state index contributed by atoms with van der Waals surface area (Å²) in [5.74, 6) is -2.16. The quantitative estimate of drug-likeness (QED) is 0.360. The second-order valence-electron chi connectivity index (χ2n) is 8.42. The summed E-state index contributed by atoms with van der Waals surface area (Å²) >= 11 is 1.24. The first-order chi connectivity index (χ1) is 17.9. The van der Waals surface area contributed by atoms with Crippen molar-refractivity contribution >= 4 is 28.7 Å². The van der Waals surface area contributed by atoms with Crippen LogP contribution in [0.3, 0.4) is 0 Å². The van der Waals surface area contributed by atoms with E-state index in [1.807, 2.05) is 6.92 Å². The van der Waals surface area contributed by atoms with Gasteiger partial charge in [-0.1, -0.05) is 4.68 Å². The predicted molar refractivity (Wildman–Crippen MR) is 131 cm³/mol. The molecule has 0 radical (unpaired) electrons. The Bertz CT molecular complexity index is 1420. The summed E-state index contributed by atoms with van der Waals surface area (Å²) in [6.07, 6.45) is 7.99. The molecular weight excluding hydrogens is 504 g/mol. The van der Waals surface area contributed by atoms with Crippen LogP contribution in [0, 0.1) is 11.8 Å². The van der Waals surface area contributed by atoms with Crippen molar-refractivity contribution in [2.45, 2.75) is 45.4 Å². The highest BCUT2D eigenvalue weighted by atomic mass is 32.1. The van der Waals surface area contributed by atoms with E-state index in [1.165, 1.54) is 22.2 Å². The van der Waals surface area contributed by atoms with Crippen molar-refractivity contribution in [3.05, 3.63) is 65.0 Å². The van der Waals surface area contributed by atoms with Crippen molar-refractivity contribution in [1.29, 1.82) is 0 Å². The predicted octanol–water partition coefficient (Wildman–Crippen LogP) is 3.05. The zero-order chi connectivity index (χ0) is 25.9. The number of aliphatic hydroxyl groups is 1. The fourth-order valence-corrected chi connectivity index (χ4v) is 4.97. The molecule has 0 aromatic carbocycles. The number of pyridine rings is 1. The first-order valence-electron chi connectivity index (χ1n) is 11.7. The number of ether oxygens (including phenoxy) is 1. The van der Waals surface area contributed by atoms with Gasteiger partial charge >= 0.3 is 0 Å². The number of carbonyl (C=O) groups excluding carboxylic acids is 1. The number of carbonyl (C=O) groups is 1. The van der Waals surface area contributed by atoms with Crippen molar-refractivity contribution in [3.8, 4) is 10.6 Å². The van der Waals surface area contributed by atoms with Crippen LogP contribution in [0.15, 0.2) is 46.9 Å². The van der Waals surface area contributed by atoms with Gasteiger partial charge in [-0.3, -0.25) is 4.79 Å². The molecule has 2 N–H and O–H groups in total. The number of nitrogens with one attached hydrogen (secondary N) is 1. The van der Waals surface area contributed by atoms with E-state index in [-0.39, 0.29) is 35.6 Å². The molecule has 0 saturated heterocycles. The van der Waals surface area contributed by atoms with E-state index in [1.54, 1.807) is 22.5 Å². The lowest BCUT2D eigenvalue weighted by atomic mass is 9.95. The Balaban J connectivity index is 1.43. The average Bonchev–Trinajstić information content (AvgIpc) is 3.66. The first-order valence-corrected chi connectivity index (χ1v) is 12.6. The second-order valence-corrected chi connectivity index (χ2v) is 9.28. The van der Waals surface area contributed by atoms with Crippen LogP contribution < -0.4 is 5.32 Å². The second kappa shape index (κ2) is 10.7. The highest BCUT2D eigenvalue weighted by Gasteiger charge is 2.33. The summed E-state index contributed by atoms with van der Waals surface area (Å²) in [4.78, 5) is 21.1. The van der Waals surface area contributed by atoms with Gasteiger partial charge in [-0.15, -0.1) is 11.3 Å². The maximum absolute atomic E-state index is 14.7. The van der Waals surface area contributed by atoms with Crippen molar-refractivity contribution in [2.75, 3.05) is 6.61 Å². The molecule has 2 aliphatic rings. The molecule has 192 valence electrons. The number of hydrogen-bond donors (Lipinski definition) is 2. The molecule has 1 fully saturated rings. The molecule has 0 unspecified atom stereocenters. The lowest BCUT2D eigenvalue weighted by molar-refractivity contribution is -0.461. The molecule has 37 heavy (non-hydrogen) atoms. The monoisotopic (exact) mass is 528 g/mol. The Kier molecular flexibility index (Phi) is 7.26. The zero-order valence-corrected chi connectivity index (χ0v) is 20.7. The molecule has 3 aromatic rings. The van der Waals surface area contributed by atoms with Crippen LogP contribution in [-0.2, 0) is 11.5 Å². The van der Waals surface area contributed by atoms with Gasteiger partial charge in [-0.25, -0.2) is 19.0 Å². The average molecular weight is 529 g/mol. The first kappa shape index (κ1) is 25.0. The third-order valence-corrected chi connectivity index (χ3v) is 6.89. The van der Waals surface area contributed by atoms with Crippen molar-refractivity contribution in [3.63, 3.8) is 0 Å². The minimum Gasteiger partial charge on any atom is -0.378 e. The molecule has 5 rings (SSSR count). The minimum absolute atomic E-state index is 0.0180. The van der Waals surface area contributed by atoms with E-state index in [0.29, 0.717) is 17.2 Å². The van der Waals surface area contributed by atoms with Gasteiger partial charge < -0.3 is 15.2 Å². The molecule has 0 bridgehead atoms. The van der Waals surface area contributed by atoms with Gasteiger partial charge in [-0.2, -0.15) is 9.49 Å². The highest BCUT2D eigenvalue weighted by Crippen LogP contribution is 2.25. The number of amides is 1. The SMILES string of the molecule is CCOC1CCC(=[N+]2C=C(NC(=O)c3csc(-c4cnn(CO)c4)n3)C(c3nc(F)ccc3F)=N2)CC1. The fourth-order valence-electron chi connectivity index (χ4n) is 4.19. The molecule has 1 saturated carbocycles. The number of halogens is 2. The largest absolute Gasteiger partial charge is 0.378 e. The van der Waals surface area contributed by atoms with E-state index < -0.39 is 17.7 Å². The molecule has 0 spiro atoms. The van der Waals surface area contributed by atoms with Crippen LogP contribution in [-0.4, -0.2) is 59.6 Å². The zero-order valence-electron chi connectivity index (χ0n) is 19.9. The van der Waals surface area contributed by atoms with Gasteiger partial charge in [0.2, 0.25) is 12.1 Å². The number of allylic oxidation sites excluding steroid dienone is 1. The lowest BCUT2D eigenvalue weighted by Crippen LogP contribution is -2.28. The standard InChI is InChI=1S/C24H23F2N7O3S/c1-2-36-16-5-3-15(4-6-16)33-11-18(22(31-33)21-17(25)7-8-20(26)30-21)28-23(35)19-12-37-24(29-19)14-9-27-32(10-14)13-34/h7-12,16,34H,2-6,13H2,1H3/p+1. The number of nitrogens with zero attached hydrogens (tertiary/aromatic N) is 6. The highest BCUT2D eigenvalue weighted by molar-refractivity contribution is 7.13. The van der Waals surface area contributed by atoms with E-state index >= 15 is 0 Å². The number of aromatic nitrogens is 4. The van der Waals surface area contributed by atoms with Crippen LogP contribution >= 0.6 is 11.3 Å². The Morgan fingerprint density at radius 1 is 1.30 bits per heavy atom. The topological polar surface area (TPSA) is 118 Å². The number of thiazole rings is 1. The van der Waals surface area contributed by atoms with Gasteiger partial charge in [0.15, 0.2) is 17.2 Å². The van der Waals surface area contributed by atoms with Gasteiger partial charge in [0.05, 0.1) is 12.3 Å². The van der Waals surface area contributed by atoms with Crippen molar-refractivity contribution in [1.82, 2.24) is 25.1 Å². The summed E-state index contributed by atoms with van der Waals surface area (Å²) in [5, 5.41) is 22.5. The lowest BCUT2D eigenvalue weighted by Gasteiger charge is -2.20. The maximum Gasteiger partial charge on any atom is 0.275 e. The van der Waals surface area contributed by atoms with Gasteiger partial charge in [-0.05, 0) is 31.9 Å². The molecule has 0 atom stereocenters. The number of aliphatic hydroxyl groups excluding tert-OH is 1. The van der Waals surface area contributed by atoms with Crippen LogP contribution in [0.2, 0.25) is 0 Å². The number of hydrogen-bond acceptors (Lipinski definition) is 8. The fraction of sp³-hybridized carbons (Fsp3) is 0.333. The molecule has 1 amide bonds. The third kappa shape index (κ3) is 5.38. The van der Waals surface area contributed by atoms with Crippen molar-refractivity contribution < 1.29 is 28.1 Å². The normalized spacial score (nSPS) is 17.7. The van der Waals surface area contributed by atoms with Crippen LogP contribution in [0.1, 0.15) is 48.8 Å². The summed E-state index contributed by atoms with van der Waals surface area (Å²) in [7, 11) is 0. The van der Waals surface area contributed by atoms with Gasteiger partial charge in [0.25, 0.3) is 5.91 Å². The molecule has 10 nitrogen and oxygen atoms in total. The van der Waals surface area contributed by atoms with Gasteiger partial charge in [0, 0.05) is 41.7 Å². The molecule has 3 aromatic heterocycles. The van der Waals surface area contributed by atoms with Crippen molar-refractivity contribution in [2.24, 2.45) is 5.10 Å².